The van der Waals surface area contributed by atoms with Crippen molar-refractivity contribution in [2.75, 3.05) is 26.7 Å². The second kappa shape index (κ2) is 8.68. The second-order valence-corrected chi connectivity index (χ2v) is 4.24. The van der Waals surface area contributed by atoms with Crippen LogP contribution in [0.15, 0.2) is 0 Å². The highest BCUT2D eigenvalue weighted by molar-refractivity contribution is 5.78. The third-order valence-corrected chi connectivity index (χ3v) is 2.06. The molecule has 4 heteroatoms. The number of hydrogen-bond donors (Lipinski definition) is 2. The molecule has 1 amide bonds. The van der Waals surface area contributed by atoms with E-state index < -0.39 is 0 Å². The molecule has 0 aromatic carbocycles. The molecule has 0 saturated heterocycles. The van der Waals surface area contributed by atoms with E-state index in [1.54, 1.807) is 0 Å². The summed E-state index contributed by atoms with van der Waals surface area (Å²) in [5.74, 6) is 0.0784. The molecule has 0 rings (SSSR count). The van der Waals surface area contributed by atoms with Crippen molar-refractivity contribution in [1.82, 2.24) is 10.2 Å². The lowest BCUT2D eigenvalue weighted by atomic mass is 10.2. The average Bonchev–Trinajstić information content (AvgIpc) is 2.10. The van der Waals surface area contributed by atoms with Crippen LogP contribution in [0.3, 0.4) is 0 Å². The van der Waals surface area contributed by atoms with Crippen molar-refractivity contribution < 1.29 is 9.90 Å². The Bertz CT molecular complexity index is 172. The fourth-order valence-corrected chi connectivity index (χ4v) is 1.36. The van der Waals surface area contributed by atoms with E-state index in [4.69, 9.17) is 5.11 Å². The summed E-state index contributed by atoms with van der Waals surface area (Å²) < 4.78 is 0. The number of nitrogens with one attached hydrogen (secondary N) is 1. The summed E-state index contributed by atoms with van der Waals surface area (Å²) in [4.78, 5) is 13.4. The van der Waals surface area contributed by atoms with Crippen LogP contribution in [-0.4, -0.2) is 48.7 Å². The van der Waals surface area contributed by atoms with E-state index in [1.165, 1.54) is 0 Å². The molecule has 0 aromatic rings. The van der Waals surface area contributed by atoms with Crippen LogP contribution in [-0.2, 0) is 4.79 Å². The number of hydrogen-bond acceptors (Lipinski definition) is 3. The van der Waals surface area contributed by atoms with Gasteiger partial charge in [-0.1, -0.05) is 0 Å². The van der Waals surface area contributed by atoms with Gasteiger partial charge in [-0.3, -0.25) is 9.69 Å². The Balaban J connectivity index is 3.46. The van der Waals surface area contributed by atoms with Crippen LogP contribution in [0, 0.1) is 0 Å². The van der Waals surface area contributed by atoms with Gasteiger partial charge in [0.25, 0.3) is 0 Å². The topological polar surface area (TPSA) is 52.6 Å². The number of carbonyl (C=O) groups excluding carboxylic acids is 1. The highest BCUT2D eigenvalue weighted by Crippen LogP contribution is 1.96. The first kappa shape index (κ1) is 14.4. The molecular formula is C11H24N2O2. The Morgan fingerprint density at radius 3 is 2.53 bits per heavy atom. The zero-order valence-corrected chi connectivity index (χ0v) is 10.1. The first-order valence-corrected chi connectivity index (χ1v) is 5.65. The van der Waals surface area contributed by atoms with E-state index in [-0.39, 0.29) is 18.6 Å². The maximum Gasteiger partial charge on any atom is 0.234 e. The van der Waals surface area contributed by atoms with Crippen molar-refractivity contribution in [3.05, 3.63) is 0 Å². The van der Waals surface area contributed by atoms with Crippen LogP contribution in [0.1, 0.15) is 33.1 Å². The number of nitrogens with zero attached hydrogens (tertiary/aromatic N) is 1. The van der Waals surface area contributed by atoms with E-state index in [9.17, 15) is 4.79 Å². The molecule has 0 aliphatic carbocycles. The van der Waals surface area contributed by atoms with Crippen molar-refractivity contribution >= 4 is 5.91 Å². The molecule has 0 spiro atoms. The molecule has 2 N–H and O–H groups in total. The summed E-state index contributed by atoms with van der Waals surface area (Å²) in [7, 11) is 1.94. The van der Waals surface area contributed by atoms with Crippen molar-refractivity contribution in [3.63, 3.8) is 0 Å². The normalized spacial score (nSPS) is 11.1. The lowest BCUT2D eigenvalue weighted by Crippen LogP contribution is -2.38. The molecular weight excluding hydrogens is 192 g/mol. The van der Waals surface area contributed by atoms with Gasteiger partial charge in [0.15, 0.2) is 0 Å². The fraction of sp³-hybridized carbons (Fsp3) is 0.909. The van der Waals surface area contributed by atoms with Crippen LogP contribution in [0.25, 0.3) is 0 Å². The second-order valence-electron chi connectivity index (χ2n) is 4.24. The van der Waals surface area contributed by atoms with E-state index in [1.807, 2.05) is 25.8 Å². The average molecular weight is 216 g/mol. The van der Waals surface area contributed by atoms with Gasteiger partial charge in [0.05, 0.1) is 6.54 Å². The largest absolute Gasteiger partial charge is 0.396 e. The smallest absolute Gasteiger partial charge is 0.234 e. The van der Waals surface area contributed by atoms with Crippen molar-refractivity contribution in [1.29, 1.82) is 0 Å². The molecule has 0 bridgehead atoms. The first-order chi connectivity index (χ1) is 7.06. The fourth-order valence-electron chi connectivity index (χ4n) is 1.36. The van der Waals surface area contributed by atoms with E-state index in [0.29, 0.717) is 6.54 Å². The van der Waals surface area contributed by atoms with Gasteiger partial charge in [0.1, 0.15) is 0 Å². The third kappa shape index (κ3) is 9.69. The SMILES string of the molecule is CC(C)NC(=O)CN(C)CCCCCO. The number of carbonyl (C=O) groups is 1. The Hall–Kier alpha value is -0.610. The zero-order valence-electron chi connectivity index (χ0n) is 10.1. The molecule has 4 nitrogen and oxygen atoms in total. The predicted octanol–water partition coefficient (Wildman–Crippen LogP) is 0.605. The van der Waals surface area contributed by atoms with Gasteiger partial charge in [0, 0.05) is 12.6 Å². The molecule has 0 saturated carbocycles. The minimum Gasteiger partial charge on any atom is -0.396 e. The molecule has 0 fully saturated rings. The quantitative estimate of drug-likeness (QED) is 0.584. The number of rotatable bonds is 8. The molecule has 15 heavy (non-hydrogen) atoms. The maximum absolute atomic E-state index is 11.4. The van der Waals surface area contributed by atoms with Crippen LogP contribution in [0.4, 0.5) is 0 Å². The van der Waals surface area contributed by atoms with Crippen LogP contribution >= 0.6 is 0 Å². The molecule has 0 atom stereocenters. The Morgan fingerprint density at radius 2 is 2.00 bits per heavy atom. The summed E-state index contributed by atoms with van der Waals surface area (Å²) in [5, 5.41) is 11.5. The molecule has 0 radical (unpaired) electrons. The predicted molar refractivity (Wildman–Crippen MR) is 61.7 cm³/mol. The van der Waals surface area contributed by atoms with Gasteiger partial charge in [-0.05, 0) is 46.7 Å². The van der Waals surface area contributed by atoms with Crippen LogP contribution in [0.2, 0.25) is 0 Å². The van der Waals surface area contributed by atoms with Gasteiger partial charge in [-0.2, -0.15) is 0 Å². The van der Waals surface area contributed by atoms with Crippen molar-refractivity contribution in [3.8, 4) is 0 Å². The first-order valence-electron chi connectivity index (χ1n) is 5.65. The number of unbranched alkanes of at least 4 members (excludes halogenated alkanes) is 2. The highest BCUT2D eigenvalue weighted by atomic mass is 16.2. The van der Waals surface area contributed by atoms with Gasteiger partial charge in [0.2, 0.25) is 5.91 Å². The highest BCUT2D eigenvalue weighted by Gasteiger charge is 2.06. The van der Waals surface area contributed by atoms with Crippen molar-refractivity contribution in [2.45, 2.75) is 39.2 Å². The zero-order chi connectivity index (χ0) is 11.7. The summed E-state index contributed by atoms with van der Waals surface area (Å²) in [6.45, 7) is 5.54. The summed E-state index contributed by atoms with van der Waals surface area (Å²) in [6, 6.07) is 0.209. The molecule has 0 aliphatic rings. The number of aliphatic hydroxyl groups is 1. The molecule has 0 unspecified atom stereocenters. The summed E-state index contributed by atoms with van der Waals surface area (Å²) in [6.07, 6.45) is 2.91. The monoisotopic (exact) mass is 216 g/mol. The van der Waals surface area contributed by atoms with Gasteiger partial charge in [-0.25, -0.2) is 0 Å². The number of amides is 1. The van der Waals surface area contributed by atoms with Crippen molar-refractivity contribution in [2.24, 2.45) is 0 Å². The molecule has 90 valence electrons. The van der Waals surface area contributed by atoms with E-state index in [0.717, 1.165) is 25.8 Å². The van der Waals surface area contributed by atoms with Crippen LogP contribution < -0.4 is 5.32 Å². The van der Waals surface area contributed by atoms with E-state index >= 15 is 0 Å². The number of likely N-dealkylation sites (N-methyl/N-ethyl adjacent to an activating group) is 1. The van der Waals surface area contributed by atoms with Gasteiger partial charge in [-0.15, -0.1) is 0 Å². The van der Waals surface area contributed by atoms with Gasteiger partial charge < -0.3 is 10.4 Å². The Morgan fingerprint density at radius 1 is 1.33 bits per heavy atom. The molecule has 0 aromatic heterocycles. The Labute approximate surface area is 92.7 Å². The lowest BCUT2D eigenvalue weighted by molar-refractivity contribution is -0.122. The Kier molecular flexibility index (Phi) is 8.33. The summed E-state index contributed by atoms with van der Waals surface area (Å²) >= 11 is 0. The minimum absolute atomic E-state index is 0.0784. The minimum atomic E-state index is 0.0784. The van der Waals surface area contributed by atoms with Crippen LogP contribution in [0.5, 0.6) is 0 Å². The third-order valence-electron chi connectivity index (χ3n) is 2.06. The number of aliphatic hydroxyl groups excluding tert-OH is 1. The van der Waals surface area contributed by atoms with E-state index in [2.05, 4.69) is 5.32 Å². The molecule has 0 aliphatic heterocycles. The lowest BCUT2D eigenvalue weighted by Gasteiger charge is -2.17. The maximum atomic E-state index is 11.4. The molecule has 0 heterocycles. The summed E-state index contributed by atoms with van der Waals surface area (Å²) in [5.41, 5.74) is 0. The standard InChI is InChI=1S/C11H24N2O2/c1-10(2)12-11(15)9-13(3)7-5-4-6-8-14/h10,14H,4-9H2,1-3H3,(H,12,15). The van der Waals surface area contributed by atoms with Gasteiger partial charge >= 0.3 is 0 Å².